The zero-order valence-corrected chi connectivity index (χ0v) is 44.0. The molecule has 382 valence electrons. The van der Waals surface area contributed by atoms with Crippen molar-refractivity contribution < 1.29 is 13.6 Å². The van der Waals surface area contributed by atoms with Crippen molar-refractivity contribution in [3.05, 3.63) is 207 Å². The van der Waals surface area contributed by atoms with E-state index in [1.165, 1.54) is 39.0 Å². The molecule has 7 aromatic rings. The van der Waals surface area contributed by atoms with E-state index in [9.17, 15) is 13.6 Å². The van der Waals surface area contributed by atoms with E-state index in [0.29, 0.717) is 32.2 Å². The van der Waals surface area contributed by atoms with Gasteiger partial charge in [-0.1, -0.05) is 76.2 Å². The molecule has 1 N–H and O–H groups in total. The van der Waals surface area contributed by atoms with Gasteiger partial charge in [-0.25, -0.2) is 18.6 Å². The summed E-state index contributed by atoms with van der Waals surface area (Å²) in [4.78, 5) is 43.1. The second-order valence-corrected chi connectivity index (χ2v) is 21.1. The maximum Gasteiger partial charge on any atom is 0.329 e. The molecule has 0 aliphatic carbocycles. The number of hydrogen-bond donors (Lipinski definition) is 1. The molecule has 0 spiro atoms. The molecule has 7 heterocycles. The molecular weight excluding hydrogens is 915 g/mol. The lowest BCUT2D eigenvalue weighted by atomic mass is 9.77. The number of pyridine rings is 4. The van der Waals surface area contributed by atoms with Crippen LogP contribution in [0.4, 0.5) is 13.6 Å². The first-order valence-corrected chi connectivity index (χ1v) is 25.8. The van der Waals surface area contributed by atoms with Crippen molar-refractivity contribution in [3.63, 3.8) is 0 Å². The van der Waals surface area contributed by atoms with E-state index in [1.54, 1.807) is 30.9 Å². The van der Waals surface area contributed by atoms with Gasteiger partial charge in [0.15, 0.2) is 0 Å². The Hall–Kier alpha value is -6.54. The van der Waals surface area contributed by atoms with E-state index in [1.807, 2.05) is 66.1 Å². The summed E-state index contributed by atoms with van der Waals surface area (Å²) >= 11 is 0. The van der Waals surface area contributed by atoms with Gasteiger partial charge < -0.3 is 10.2 Å². The highest BCUT2D eigenvalue weighted by molar-refractivity contribution is 5.76. The number of carbonyl (C=O) groups excluding carboxylic acids is 1. The van der Waals surface area contributed by atoms with Gasteiger partial charge in [0.05, 0.1) is 22.8 Å². The molecule has 13 heteroatoms. The molecular formula is C60H72F2N10O. The summed E-state index contributed by atoms with van der Waals surface area (Å²) in [6.07, 6.45) is 16.4. The number of benzene rings is 2. The molecule has 1 amide bonds. The third-order valence-electron chi connectivity index (χ3n) is 15.1. The monoisotopic (exact) mass is 987 g/mol. The molecule has 5 aromatic heterocycles. The number of halogens is 2. The van der Waals surface area contributed by atoms with Crippen LogP contribution in [0.5, 0.6) is 0 Å². The predicted octanol–water partition coefficient (Wildman–Crippen LogP) is 11.2. The molecule has 2 saturated heterocycles. The van der Waals surface area contributed by atoms with Gasteiger partial charge in [0.1, 0.15) is 18.0 Å². The van der Waals surface area contributed by atoms with Crippen molar-refractivity contribution >= 4 is 6.03 Å². The van der Waals surface area contributed by atoms with E-state index in [2.05, 4.69) is 99.8 Å². The molecule has 9 rings (SSSR count). The minimum Gasteiger partial charge on any atom is -0.324 e. The lowest BCUT2D eigenvalue weighted by molar-refractivity contribution is 0.103. The number of aromatic nitrogens is 6. The van der Waals surface area contributed by atoms with Crippen molar-refractivity contribution in [1.82, 2.24) is 49.5 Å². The number of nitrogens with one attached hydrogen (secondary N) is 1. The van der Waals surface area contributed by atoms with E-state index in [-0.39, 0.29) is 34.5 Å². The van der Waals surface area contributed by atoms with Gasteiger partial charge in [0.25, 0.3) is 0 Å². The number of piperidine rings is 2. The average Bonchev–Trinajstić information content (AvgIpc) is 3.94. The number of hydrogen-bond acceptors (Lipinski definition) is 9. The molecule has 2 fully saturated rings. The third-order valence-corrected chi connectivity index (χ3v) is 15.1. The molecule has 0 unspecified atom stereocenters. The van der Waals surface area contributed by atoms with Crippen molar-refractivity contribution in [2.24, 2.45) is 0 Å². The van der Waals surface area contributed by atoms with Crippen molar-refractivity contribution in [3.8, 4) is 0 Å². The maximum absolute atomic E-state index is 13.7. The van der Waals surface area contributed by atoms with Gasteiger partial charge in [-0.2, -0.15) is 0 Å². The minimum absolute atomic E-state index is 0.0356. The first kappa shape index (κ1) is 52.8. The van der Waals surface area contributed by atoms with Gasteiger partial charge in [-0.05, 0) is 147 Å². The molecule has 0 radical (unpaired) electrons. The number of rotatable bonds is 14. The highest BCUT2D eigenvalue weighted by Crippen LogP contribution is 2.36. The summed E-state index contributed by atoms with van der Waals surface area (Å²) < 4.78 is 28.8. The van der Waals surface area contributed by atoms with Crippen LogP contribution in [0.15, 0.2) is 128 Å². The van der Waals surface area contributed by atoms with Crippen LogP contribution in [0.3, 0.4) is 0 Å². The van der Waals surface area contributed by atoms with Gasteiger partial charge in [0, 0.05) is 99.4 Å². The van der Waals surface area contributed by atoms with Gasteiger partial charge in [-0.15, -0.1) is 0 Å². The van der Waals surface area contributed by atoms with Crippen LogP contribution in [-0.2, 0) is 37.0 Å². The molecule has 73 heavy (non-hydrogen) atoms. The number of amides is 1. The zero-order chi connectivity index (χ0) is 51.7. The fourth-order valence-corrected chi connectivity index (χ4v) is 10.7. The predicted molar refractivity (Wildman–Crippen MR) is 285 cm³/mol. The summed E-state index contributed by atoms with van der Waals surface area (Å²) in [7, 11) is 0. The fraction of sp³-hybridized carbons (Fsp3) is 0.400. The second-order valence-electron chi connectivity index (χ2n) is 21.1. The Bertz CT molecular complexity index is 2910. The highest BCUT2D eigenvalue weighted by atomic mass is 19.1. The fourth-order valence-electron chi connectivity index (χ4n) is 10.7. The number of likely N-dealkylation sites (tertiary alicyclic amines) is 1. The first-order valence-electron chi connectivity index (χ1n) is 25.8. The van der Waals surface area contributed by atoms with E-state index in [4.69, 9.17) is 19.9 Å². The molecule has 11 nitrogen and oxygen atoms in total. The Labute approximate surface area is 431 Å². The van der Waals surface area contributed by atoms with Crippen molar-refractivity contribution in [2.45, 2.75) is 130 Å². The normalized spacial score (nSPS) is 14.9. The lowest BCUT2D eigenvalue weighted by Gasteiger charge is -2.39. The van der Waals surface area contributed by atoms with Crippen LogP contribution in [0.1, 0.15) is 121 Å². The van der Waals surface area contributed by atoms with Crippen molar-refractivity contribution in [2.75, 3.05) is 26.2 Å². The Morgan fingerprint density at radius 3 is 1.47 bits per heavy atom. The van der Waals surface area contributed by atoms with Gasteiger partial charge >= 0.3 is 6.03 Å². The maximum atomic E-state index is 13.7. The minimum atomic E-state index is -0.360. The summed E-state index contributed by atoms with van der Waals surface area (Å²) in [5, 5.41) is 3.49. The Morgan fingerprint density at radius 1 is 0.603 bits per heavy atom. The first-order chi connectivity index (χ1) is 35.1. The number of aryl methyl sites for hydroxylation is 4. The largest absolute Gasteiger partial charge is 0.329 e. The highest BCUT2D eigenvalue weighted by Gasteiger charge is 2.33. The number of imidazole rings is 1. The molecule has 2 aromatic carbocycles. The van der Waals surface area contributed by atoms with Crippen molar-refractivity contribution in [1.29, 1.82) is 0 Å². The summed E-state index contributed by atoms with van der Waals surface area (Å²) in [5.41, 5.74) is 12.8. The standard InChI is InChI=1S/C32H37FN6O.C28H35FN4/c1-23-18-24(2)29(36-19-23)20-39(27-11-15-37(16-12-27)31(40)38-17-14-34-22-38)21-30-28(6-5-13-35-30)32(3,4)25-7-9-26(33)10-8-25;1-20-16-21(2)26(32-17-20)18-33(24-11-14-30-15-12-24)19-27-25(6-5-13-31-27)28(3,4)22-7-9-23(29)10-8-22/h5-10,13-14,17-19,22,27H,11-12,15-16,20-21H2,1-4H3;5-10,13,16-17,24,30H,11-12,14-15,18-19H2,1-4H3. The van der Waals surface area contributed by atoms with Crippen LogP contribution in [0.25, 0.3) is 0 Å². The van der Waals surface area contributed by atoms with Gasteiger partial charge in [-0.3, -0.25) is 34.3 Å². The molecule has 2 aliphatic heterocycles. The van der Waals surface area contributed by atoms with Crippen LogP contribution in [-0.4, -0.2) is 88.5 Å². The number of nitrogens with zero attached hydrogens (tertiary/aromatic N) is 9. The Balaban J connectivity index is 0.000000199. The molecule has 2 aliphatic rings. The smallest absolute Gasteiger partial charge is 0.324 e. The average molecular weight is 987 g/mol. The van der Waals surface area contributed by atoms with E-state index in [0.717, 1.165) is 96.9 Å². The Kier molecular flexibility index (Phi) is 17.0. The SMILES string of the molecule is Cc1cnc(CN(Cc2ncccc2C(C)(C)c2ccc(F)cc2)C2CCN(C(=O)n3ccnc3)CC2)c(C)c1.Cc1cnc(CN(Cc2ncccc2C(C)(C)c2ccc(F)cc2)C2CCNCC2)c(C)c1. The molecule has 0 saturated carbocycles. The third kappa shape index (κ3) is 13.0. The molecule has 0 bridgehead atoms. The van der Waals surface area contributed by atoms with Crippen LogP contribution >= 0.6 is 0 Å². The van der Waals surface area contributed by atoms with E-state index < -0.39 is 0 Å². The van der Waals surface area contributed by atoms with Gasteiger partial charge in [0.2, 0.25) is 0 Å². The Morgan fingerprint density at radius 2 is 1.04 bits per heavy atom. The van der Waals surface area contributed by atoms with Crippen LogP contribution in [0.2, 0.25) is 0 Å². The zero-order valence-electron chi connectivity index (χ0n) is 44.0. The number of carbonyl (C=O) groups is 1. The summed E-state index contributed by atoms with van der Waals surface area (Å²) in [5.74, 6) is -0.449. The lowest BCUT2D eigenvalue weighted by Crippen LogP contribution is -2.47. The van der Waals surface area contributed by atoms with Crippen LogP contribution in [0, 0.1) is 39.3 Å². The van der Waals surface area contributed by atoms with E-state index >= 15 is 0 Å². The molecule has 0 atom stereocenters. The topological polar surface area (TPSA) is 108 Å². The summed E-state index contributed by atoms with van der Waals surface area (Å²) in [6, 6.07) is 27.0. The van der Waals surface area contributed by atoms with Crippen LogP contribution < -0.4 is 5.32 Å². The quantitative estimate of drug-likeness (QED) is 0.114. The summed E-state index contributed by atoms with van der Waals surface area (Å²) in [6.45, 7) is 23.5. The second kappa shape index (κ2) is 23.6.